The summed E-state index contributed by atoms with van der Waals surface area (Å²) >= 11 is 6.03. The molecule has 2 heterocycles. The topological polar surface area (TPSA) is 50.7 Å². The average molecular weight is 464 g/mol. The fraction of sp³-hybridized carbons (Fsp3) is 0.185. The van der Waals surface area contributed by atoms with Gasteiger partial charge in [-0.2, -0.15) is 0 Å². The molecule has 3 aromatic rings. The maximum atomic E-state index is 14.8. The van der Waals surface area contributed by atoms with Crippen LogP contribution in [0.15, 0.2) is 48.5 Å². The summed E-state index contributed by atoms with van der Waals surface area (Å²) in [6.07, 6.45) is 3.82. The molecular weight excluding hydrogens is 441 g/mol. The number of ether oxygens (including phenoxy) is 2. The molecule has 0 spiro atoms. The van der Waals surface area contributed by atoms with Crippen LogP contribution in [0.3, 0.4) is 0 Å². The molecule has 5 rings (SSSR count). The molecule has 4 nitrogen and oxygen atoms in total. The Bertz CT molecular complexity index is 1370. The summed E-state index contributed by atoms with van der Waals surface area (Å²) in [5, 5.41) is 14.0. The lowest BCUT2D eigenvalue weighted by molar-refractivity contribution is 0.371. The molecule has 0 saturated heterocycles. The van der Waals surface area contributed by atoms with Gasteiger partial charge in [0, 0.05) is 27.9 Å². The number of aromatic hydroxyl groups is 1. The predicted molar refractivity (Wildman–Crippen MR) is 131 cm³/mol. The van der Waals surface area contributed by atoms with Gasteiger partial charge < -0.3 is 19.9 Å². The van der Waals surface area contributed by atoms with E-state index in [0.29, 0.717) is 28.4 Å². The minimum atomic E-state index is -0.512. The van der Waals surface area contributed by atoms with Crippen molar-refractivity contribution in [1.82, 2.24) is 0 Å². The third-order valence-corrected chi connectivity index (χ3v) is 6.23. The molecule has 0 atom stereocenters. The number of hydrogen-bond donors (Lipinski definition) is 2. The number of rotatable bonds is 2. The van der Waals surface area contributed by atoms with E-state index in [-0.39, 0.29) is 16.3 Å². The molecule has 33 heavy (non-hydrogen) atoms. The minimum absolute atomic E-state index is 0.0170. The number of methoxy groups -OCH3 is 1. The highest BCUT2D eigenvalue weighted by atomic mass is 35.5. The zero-order valence-electron chi connectivity index (χ0n) is 18.7. The van der Waals surface area contributed by atoms with Crippen LogP contribution < -0.4 is 14.8 Å². The molecule has 6 heteroatoms. The summed E-state index contributed by atoms with van der Waals surface area (Å²) in [5.74, 6) is 0.826. The van der Waals surface area contributed by atoms with Crippen molar-refractivity contribution >= 4 is 34.7 Å². The maximum Gasteiger partial charge on any atom is 0.172 e. The number of phenols is 1. The first-order chi connectivity index (χ1) is 15.7. The first-order valence-corrected chi connectivity index (χ1v) is 11.0. The molecule has 3 aromatic carbocycles. The molecule has 0 bridgehead atoms. The van der Waals surface area contributed by atoms with Gasteiger partial charge in [0.2, 0.25) is 0 Å². The molecule has 0 aliphatic carbocycles. The van der Waals surface area contributed by atoms with Gasteiger partial charge in [0.25, 0.3) is 0 Å². The third kappa shape index (κ3) is 3.44. The zero-order valence-corrected chi connectivity index (χ0v) is 19.5. The second-order valence-electron chi connectivity index (χ2n) is 8.83. The number of allylic oxidation sites excluding steroid dienone is 1. The number of hydrogen-bond acceptors (Lipinski definition) is 4. The van der Waals surface area contributed by atoms with Gasteiger partial charge in [-0.1, -0.05) is 35.9 Å². The molecule has 2 aliphatic rings. The maximum absolute atomic E-state index is 14.8. The van der Waals surface area contributed by atoms with Gasteiger partial charge in [-0.25, -0.2) is 4.39 Å². The largest absolute Gasteiger partial charge is 0.504 e. The van der Waals surface area contributed by atoms with Crippen LogP contribution >= 0.6 is 11.6 Å². The van der Waals surface area contributed by atoms with Crippen molar-refractivity contribution < 1.29 is 19.0 Å². The summed E-state index contributed by atoms with van der Waals surface area (Å²) in [7, 11) is 1.51. The van der Waals surface area contributed by atoms with Gasteiger partial charge in [-0.05, 0) is 56.7 Å². The van der Waals surface area contributed by atoms with Crippen LogP contribution in [0.2, 0.25) is 5.02 Å². The quantitative estimate of drug-likeness (QED) is 0.417. The molecule has 0 radical (unpaired) electrons. The number of halogens is 2. The highest BCUT2D eigenvalue weighted by Crippen LogP contribution is 2.54. The summed E-state index contributed by atoms with van der Waals surface area (Å²) in [4.78, 5) is 0. The van der Waals surface area contributed by atoms with E-state index >= 15 is 0 Å². The van der Waals surface area contributed by atoms with Gasteiger partial charge in [0.05, 0.1) is 23.2 Å². The highest BCUT2D eigenvalue weighted by Gasteiger charge is 2.33. The molecule has 0 aromatic heterocycles. The second-order valence-corrected chi connectivity index (χ2v) is 9.24. The Hall–Kier alpha value is -3.44. The lowest BCUT2D eigenvalue weighted by Crippen LogP contribution is -2.32. The summed E-state index contributed by atoms with van der Waals surface area (Å²) in [5.41, 5.74) is 5.33. The Morgan fingerprint density at radius 2 is 1.88 bits per heavy atom. The molecule has 0 fully saturated rings. The van der Waals surface area contributed by atoms with Crippen LogP contribution in [-0.2, 0) is 0 Å². The first-order valence-electron chi connectivity index (χ1n) is 10.6. The molecule has 2 aliphatic heterocycles. The van der Waals surface area contributed by atoms with Gasteiger partial charge in [-0.3, -0.25) is 0 Å². The second kappa shape index (κ2) is 7.56. The summed E-state index contributed by atoms with van der Waals surface area (Å²) < 4.78 is 26.7. The monoisotopic (exact) mass is 463 g/mol. The van der Waals surface area contributed by atoms with Crippen molar-refractivity contribution in [3.63, 3.8) is 0 Å². The number of phenolic OH excluding ortho intramolecular Hbond substituents is 1. The number of fused-ring (bicyclic) bond motifs is 5. The van der Waals surface area contributed by atoms with E-state index in [1.54, 1.807) is 24.3 Å². The first kappa shape index (κ1) is 21.4. The van der Waals surface area contributed by atoms with E-state index < -0.39 is 5.82 Å². The van der Waals surface area contributed by atoms with Crippen LogP contribution in [0.4, 0.5) is 10.1 Å². The standard InChI is InChI=1S/C27H23ClFNO3/c1-14-13-27(2,3)30-18-9-8-16-23(22(14)18)21(12-15-6-5-7-17(28)25(15)29)33-20-11-10-19(31)26(32-4)24(16)20/h5-13,30-31H,1-4H3. The Morgan fingerprint density at radius 3 is 2.64 bits per heavy atom. The molecule has 2 N–H and O–H groups in total. The SMILES string of the molecule is COc1c(O)ccc2c1-c1ccc3c(c1C(=Cc1cccc(Cl)c1F)O2)C(C)=CC(C)(C)N3. The van der Waals surface area contributed by atoms with Crippen molar-refractivity contribution in [3.8, 4) is 28.4 Å². The highest BCUT2D eigenvalue weighted by molar-refractivity contribution is 6.30. The normalized spacial score (nSPS) is 16.7. The van der Waals surface area contributed by atoms with E-state index in [9.17, 15) is 9.50 Å². The predicted octanol–water partition coefficient (Wildman–Crippen LogP) is 7.36. The lowest BCUT2D eigenvalue weighted by Gasteiger charge is -2.35. The smallest absolute Gasteiger partial charge is 0.172 e. The van der Waals surface area contributed by atoms with Gasteiger partial charge in [-0.15, -0.1) is 0 Å². The fourth-order valence-corrected chi connectivity index (χ4v) is 4.90. The zero-order chi connectivity index (χ0) is 23.5. The van der Waals surface area contributed by atoms with Crippen LogP contribution in [0, 0.1) is 5.82 Å². The van der Waals surface area contributed by atoms with E-state index in [2.05, 4.69) is 32.2 Å². The van der Waals surface area contributed by atoms with Crippen LogP contribution in [-0.4, -0.2) is 17.8 Å². The molecule has 0 unspecified atom stereocenters. The Labute approximate surface area is 196 Å². The van der Waals surface area contributed by atoms with Gasteiger partial charge in [0.1, 0.15) is 17.3 Å². The lowest BCUT2D eigenvalue weighted by atomic mass is 9.82. The van der Waals surface area contributed by atoms with Crippen LogP contribution in [0.5, 0.6) is 17.2 Å². The minimum Gasteiger partial charge on any atom is -0.504 e. The van der Waals surface area contributed by atoms with Crippen LogP contribution in [0.25, 0.3) is 28.5 Å². The number of nitrogens with one attached hydrogen (secondary N) is 1. The number of anilines is 1. The molecule has 168 valence electrons. The van der Waals surface area contributed by atoms with Crippen molar-refractivity contribution in [2.45, 2.75) is 26.3 Å². The molecule has 0 amide bonds. The molecule has 0 saturated carbocycles. The van der Waals surface area contributed by atoms with Crippen molar-refractivity contribution in [2.75, 3.05) is 12.4 Å². The van der Waals surface area contributed by atoms with E-state index in [4.69, 9.17) is 21.1 Å². The summed E-state index contributed by atoms with van der Waals surface area (Å²) in [6, 6.07) is 12.1. The number of benzene rings is 3. The third-order valence-electron chi connectivity index (χ3n) is 5.94. The Kier molecular flexibility index (Phi) is 4.91. The van der Waals surface area contributed by atoms with Crippen molar-refractivity contribution in [3.05, 3.63) is 76.1 Å². The molecular formula is C27H23ClFNO3. The Morgan fingerprint density at radius 1 is 1.09 bits per heavy atom. The van der Waals surface area contributed by atoms with E-state index in [1.165, 1.54) is 19.2 Å². The van der Waals surface area contributed by atoms with Gasteiger partial charge >= 0.3 is 0 Å². The Balaban J connectivity index is 1.85. The van der Waals surface area contributed by atoms with E-state index in [0.717, 1.165) is 28.0 Å². The van der Waals surface area contributed by atoms with Crippen molar-refractivity contribution in [1.29, 1.82) is 0 Å². The van der Waals surface area contributed by atoms with E-state index in [1.807, 2.05) is 12.1 Å². The van der Waals surface area contributed by atoms with Crippen LogP contribution in [0.1, 0.15) is 37.5 Å². The average Bonchev–Trinajstić information content (AvgIpc) is 2.75. The van der Waals surface area contributed by atoms with Crippen molar-refractivity contribution in [2.24, 2.45) is 0 Å². The summed E-state index contributed by atoms with van der Waals surface area (Å²) in [6.45, 7) is 6.25. The van der Waals surface area contributed by atoms with Gasteiger partial charge in [0.15, 0.2) is 11.5 Å². The fourth-order valence-electron chi connectivity index (χ4n) is 4.72.